The molecular weight excluding hydrogens is 264 g/mol. The van der Waals surface area contributed by atoms with Crippen LogP contribution in [0.2, 0.25) is 0 Å². The molecule has 2 fully saturated rings. The van der Waals surface area contributed by atoms with Gasteiger partial charge in [0.1, 0.15) is 0 Å². The highest BCUT2D eigenvalue weighted by molar-refractivity contribution is 7.91. The summed E-state index contributed by atoms with van der Waals surface area (Å²) < 4.78 is 28.4. The molecule has 0 aromatic rings. The minimum Gasteiger partial charge on any atom is -0.378 e. The van der Waals surface area contributed by atoms with Crippen LogP contribution in [0.5, 0.6) is 0 Å². The molecule has 0 aliphatic carbocycles. The lowest BCUT2D eigenvalue weighted by atomic mass is 10.1. The highest BCUT2D eigenvalue weighted by Crippen LogP contribution is 2.13. The average molecular weight is 290 g/mol. The van der Waals surface area contributed by atoms with Crippen molar-refractivity contribution in [2.75, 3.05) is 44.8 Å². The minimum atomic E-state index is -2.76. The molecular formula is C13H26N2O3S. The summed E-state index contributed by atoms with van der Waals surface area (Å²) in [6.07, 6.45) is 4.40. The zero-order chi connectivity index (χ0) is 13.7. The van der Waals surface area contributed by atoms with E-state index >= 15 is 0 Å². The first-order valence-corrected chi connectivity index (χ1v) is 9.11. The van der Waals surface area contributed by atoms with Crippen LogP contribution in [0.15, 0.2) is 0 Å². The van der Waals surface area contributed by atoms with Gasteiger partial charge in [-0.15, -0.1) is 0 Å². The highest BCUT2D eigenvalue weighted by Gasteiger charge is 2.27. The fourth-order valence-corrected chi connectivity index (χ4v) is 4.44. The molecule has 0 amide bonds. The number of piperidine rings is 1. The lowest BCUT2D eigenvalue weighted by molar-refractivity contribution is 0.0115. The molecule has 6 heteroatoms. The number of rotatable bonds is 6. The van der Waals surface area contributed by atoms with E-state index in [1.54, 1.807) is 0 Å². The van der Waals surface area contributed by atoms with E-state index in [9.17, 15) is 8.42 Å². The Morgan fingerprint density at radius 1 is 1.26 bits per heavy atom. The summed E-state index contributed by atoms with van der Waals surface area (Å²) >= 11 is 0. The molecule has 2 heterocycles. The van der Waals surface area contributed by atoms with E-state index < -0.39 is 9.84 Å². The smallest absolute Gasteiger partial charge is 0.151 e. The fourth-order valence-electron chi connectivity index (χ4n) is 2.74. The Morgan fingerprint density at radius 3 is 2.63 bits per heavy atom. The molecule has 0 saturated carbocycles. The summed E-state index contributed by atoms with van der Waals surface area (Å²) in [4.78, 5) is 2.34. The van der Waals surface area contributed by atoms with Gasteiger partial charge in [-0.25, -0.2) is 8.42 Å². The van der Waals surface area contributed by atoms with Crippen LogP contribution < -0.4 is 5.32 Å². The summed E-state index contributed by atoms with van der Waals surface area (Å²) in [5.41, 5.74) is 0. The largest absolute Gasteiger partial charge is 0.378 e. The van der Waals surface area contributed by atoms with Crippen molar-refractivity contribution in [2.45, 2.75) is 37.8 Å². The molecule has 2 aliphatic rings. The Balaban J connectivity index is 1.49. The molecule has 0 bridgehead atoms. The Morgan fingerprint density at radius 2 is 2.00 bits per heavy atom. The van der Waals surface area contributed by atoms with Crippen LogP contribution in [-0.2, 0) is 14.6 Å². The summed E-state index contributed by atoms with van der Waals surface area (Å²) in [7, 11) is -0.610. The quantitative estimate of drug-likeness (QED) is 0.711. The van der Waals surface area contributed by atoms with Gasteiger partial charge >= 0.3 is 0 Å². The SMILES string of the molecule is CN1CCC(OCCCN[C@H]2CCS(=O)(=O)C2)CC1. The van der Waals surface area contributed by atoms with Gasteiger partial charge in [-0.1, -0.05) is 0 Å². The van der Waals surface area contributed by atoms with Crippen molar-refractivity contribution in [3.63, 3.8) is 0 Å². The van der Waals surface area contributed by atoms with Crippen molar-refractivity contribution in [2.24, 2.45) is 0 Å². The summed E-state index contributed by atoms with van der Waals surface area (Å²) in [6.45, 7) is 3.89. The maximum atomic E-state index is 11.3. The van der Waals surface area contributed by atoms with Crippen molar-refractivity contribution in [3.8, 4) is 0 Å². The van der Waals surface area contributed by atoms with Gasteiger partial charge < -0.3 is 15.0 Å². The van der Waals surface area contributed by atoms with Crippen molar-refractivity contribution in [3.05, 3.63) is 0 Å². The van der Waals surface area contributed by atoms with Crippen LogP contribution in [0.25, 0.3) is 0 Å². The van der Waals surface area contributed by atoms with Crippen LogP contribution in [0.4, 0.5) is 0 Å². The number of sulfone groups is 1. The van der Waals surface area contributed by atoms with Gasteiger partial charge in [-0.05, 0) is 39.3 Å². The van der Waals surface area contributed by atoms with Crippen molar-refractivity contribution in [1.82, 2.24) is 10.2 Å². The first kappa shape index (κ1) is 15.2. The molecule has 1 N–H and O–H groups in total. The molecule has 0 radical (unpaired) electrons. The molecule has 112 valence electrons. The lowest BCUT2D eigenvalue weighted by Crippen LogP contribution is -2.35. The normalized spacial score (nSPS) is 28.8. The van der Waals surface area contributed by atoms with Crippen LogP contribution >= 0.6 is 0 Å². The predicted octanol–water partition coefficient (Wildman–Crippen LogP) is 0.264. The molecule has 0 aromatic heterocycles. The minimum absolute atomic E-state index is 0.160. The lowest BCUT2D eigenvalue weighted by Gasteiger charge is -2.28. The van der Waals surface area contributed by atoms with E-state index in [0.29, 0.717) is 17.6 Å². The maximum absolute atomic E-state index is 11.3. The maximum Gasteiger partial charge on any atom is 0.151 e. The van der Waals surface area contributed by atoms with E-state index in [2.05, 4.69) is 17.3 Å². The predicted molar refractivity (Wildman–Crippen MR) is 76.1 cm³/mol. The second-order valence-electron chi connectivity index (χ2n) is 5.78. The van der Waals surface area contributed by atoms with Crippen molar-refractivity contribution < 1.29 is 13.2 Å². The molecule has 19 heavy (non-hydrogen) atoms. The molecule has 2 aliphatic heterocycles. The number of hydrogen-bond donors (Lipinski definition) is 1. The van der Waals surface area contributed by atoms with E-state index in [-0.39, 0.29) is 6.04 Å². The first-order valence-electron chi connectivity index (χ1n) is 7.29. The first-order chi connectivity index (χ1) is 9.05. The Kier molecular flexibility index (Phi) is 5.62. The van der Waals surface area contributed by atoms with Gasteiger partial charge in [0.15, 0.2) is 9.84 Å². The Hall–Kier alpha value is -0.170. The van der Waals surface area contributed by atoms with Crippen molar-refractivity contribution in [1.29, 1.82) is 0 Å². The third-order valence-corrected chi connectivity index (χ3v) is 5.77. The molecule has 0 spiro atoms. The second kappa shape index (κ2) is 7.02. The Bertz CT molecular complexity index is 364. The number of nitrogens with one attached hydrogen (secondary N) is 1. The summed E-state index contributed by atoms with van der Waals surface area (Å²) in [6, 6.07) is 0.160. The van der Waals surface area contributed by atoms with Crippen molar-refractivity contribution >= 4 is 9.84 Å². The number of nitrogens with zero attached hydrogens (tertiary/aromatic N) is 1. The molecule has 2 saturated heterocycles. The molecule has 1 atom stereocenters. The van der Waals surface area contributed by atoms with Gasteiger partial charge in [-0.3, -0.25) is 0 Å². The zero-order valence-corrected chi connectivity index (χ0v) is 12.6. The third kappa shape index (κ3) is 5.38. The number of likely N-dealkylation sites (tertiary alicyclic amines) is 1. The van der Waals surface area contributed by atoms with Gasteiger partial charge in [0.05, 0.1) is 17.6 Å². The molecule has 0 unspecified atom stereocenters. The standard InChI is InChI=1S/C13H26N2O3S/c1-15-7-3-13(4-8-15)18-9-2-6-14-12-5-10-19(16,17)11-12/h12-14H,2-11H2,1H3/t12-/m0/s1. The van der Waals surface area contributed by atoms with Gasteiger partial charge in [0, 0.05) is 25.7 Å². The van der Waals surface area contributed by atoms with Gasteiger partial charge in [0.25, 0.3) is 0 Å². The van der Waals surface area contributed by atoms with Gasteiger partial charge in [0.2, 0.25) is 0 Å². The molecule has 5 nitrogen and oxygen atoms in total. The summed E-state index contributed by atoms with van der Waals surface area (Å²) in [5, 5.41) is 3.31. The van der Waals surface area contributed by atoms with E-state index in [1.165, 1.54) is 0 Å². The topological polar surface area (TPSA) is 58.6 Å². The third-order valence-electron chi connectivity index (χ3n) is 4.01. The van der Waals surface area contributed by atoms with E-state index in [4.69, 9.17) is 4.74 Å². The molecule has 0 aromatic carbocycles. The average Bonchev–Trinajstić information content (AvgIpc) is 2.71. The number of ether oxygens (including phenoxy) is 1. The highest BCUT2D eigenvalue weighted by atomic mass is 32.2. The molecule has 2 rings (SSSR count). The van der Waals surface area contributed by atoms with E-state index in [1.807, 2.05) is 0 Å². The van der Waals surface area contributed by atoms with Crippen LogP contribution in [-0.4, -0.2) is 70.3 Å². The Labute approximate surface area is 116 Å². The van der Waals surface area contributed by atoms with Gasteiger partial charge in [-0.2, -0.15) is 0 Å². The van der Waals surface area contributed by atoms with E-state index in [0.717, 1.165) is 51.9 Å². The summed E-state index contributed by atoms with van der Waals surface area (Å²) in [5.74, 6) is 0.652. The second-order valence-corrected chi connectivity index (χ2v) is 8.01. The van der Waals surface area contributed by atoms with Crippen LogP contribution in [0.3, 0.4) is 0 Å². The number of hydrogen-bond acceptors (Lipinski definition) is 5. The monoisotopic (exact) mass is 290 g/mol. The van der Waals surface area contributed by atoms with Crippen LogP contribution in [0, 0.1) is 0 Å². The zero-order valence-electron chi connectivity index (χ0n) is 11.8. The fraction of sp³-hybridized carbons (Fsp3) is 1.00. The van der Waals surface area contributed by atoms with Crippen LogP contribution in [0.1, 0.15) is 25.7 Å².